The van der Waals surface area contributed by atoms with Crippen LogP contribution in [0.1, 0.15) is 73.1 Å². The van der Waals surface area contributed by atoms with Gasteiger partial charge >= 0.3 is 6.09 Å². The first-order valence-corrected chi connectivity index (χ1v) is 28.0. The summed E-state index contributed by atoms with van der Waals surface area (Å²) in [6, 6.07) is 45.5. The highest BCUT2D eigenvalue weighted by Gasteiger charge is 2.66. The molecule has 1 amide bonds. The molecule has 6 aromatic carbocycles. The van der Waals surface area contributed by atoms with E-state index in [1.54, 1.807) is 34.9 Å². The standard InChI is InChI=1S/C63H69N3O11S/c1-2-34-75-63-59(65(42-49-21-15-20-47-18-9-10-24-53(47)49)62(69)74-36-35-72-43-45-16-5-3-6-17-45)41-57(64-76-44-46-26-28-50(29-27-46)66(70)71)55-39-48(19-11-13-32-67)54(25-12-14-33-68)60(61(55)63)56-40-51(30-31-58(56)77-63)73-37-38-78-52-22-7-4-8-23-52/h2-10,15-18,20-24,26-31,39-40,48,54,59-61,67-68H,1,11-14,19,25,32-38,41-44H2/t48-,54+,59-,60+,61+,63+/m0/s1. The number of oxime groups is 1. The van der Waals surface area contributed by atoms with Crippen LogP contribution in [-0.2, 0) is 38.8 Å². The largest absolute Gasteiger partial charge is 0.493 e. The number of nitro benzene ring substituents is 1. The van der Waals surface area contributed by atoms with Gasteiger partial charge in [-0.25, -0.2) is 4.79 Å². The molecule has 6 atom stereocenters. The number of thioether (sulfide) groups is 1. The third kappa shape index (κ3) is 13.4. The molecular weight excluding hydrogens is 1010 g/mol. The van der Waals surface area contributed by atoms with Gasteiger partial charge in [0.1, 0.15) is 30.8 Å². The maximum absolute atomic E-state index is 15.4. The lowest BCUT2D eigenvalue weighted by molar-refractivity contribution is -0.384. The zero-order valence-electron chi connectivity index (χ0n) is 43.9. The second kappa shape index (κ2) is 27.5. The lowest BCUT2D eigenvalue weighted by Crippen LogP contribution is -2.70. The number of amides is 1. The molecule has 1 saturated carbocycles. The van der Waals surface area contributed by atoms with Gasteiger partial charge in [-0.15, -0.1) is 18.3 Å². The van der Waals surface area contributed by atoms with Crippen molar-refractivity contribution in [3.63, 3.8) is 0 Å². The molecule has 0 bridgehead atoms. The highest BCUT2D eigenvalue weighted by Crippen LogP contribution is 2.62. The fraction of sp³-hybridized carbons (Fsp3) is 0.365. The molecule has 0 unspecified atom stereocenters. The number of benzene rings is 6. The fourth-order valence-electron chi connectivity index (χ4n) is 11.4. The zero-order chi connectivity index (χ0) is 54.1. The van der Waals surface area contributed by atoms with Crippen molar-refractivity contribution >= 4 is 40.0 Å². The molecule has 0 spiro atoms. The molecule has 1 heterocycles. The Morgan fingerprint density at radius 2 is 1.56 bits per heavy atom. The molecule has 1 aliphatic heterocycles. The van der Waals surface area contributed by atoms with Crippen molar-refractivity contribution in [1.29, 1.82) is 0 Å². The van der Waals surface area contributed by atoms with Gasteiger partial charge in [0.25, 0.3) is 5.69 Å². The highest BCUT2D eigenvalue weighted by atomic mass is 32.2. The summed E-state index contributed by atoms with van der Waals surface area (Å²) in [5.41, 5.74) is 4.92. The van der Waals surface area contributed by atoms with E-state index >= 15 is 4.79 Å². The minimum atomic E-state index is -1.57. The number of non-ortho nitro benzene ring substituents is 1. The Morgan fingerprint density at radius 3 is 2.33 bits per heavy atom. The van der Waals surface area contributed by atoms with Crippen molar-refractivity contribution in [3.05, 3.63) is 202 Å². The number of rotatable bonds is 28. The molecule has 408 valence electrons. The Balaban J connectivity index is 1.18. The predicted molar refractivity (Wildman–Crippen MR) is 302 cm³/mol. The van der Waals surface area contributed by atoms with Crippen molar-refractivity contribution < 1.29 is 48.5 Å². The number of allylic oxidation sites excluding steroid dienone is 1. The van der Waals surface area contributed by atoms with Crippen molar-refractivity contribution in [2.24, 2.45) is 22.9 Å². The topological polar surface area (TPSA) is 172 Å². The van der Waals surface area contributed by atoms with E-state index < -0.39 is 28.8 Å². The van der Waals surface area contributed by atoms with Crippen molar-refractivity contribution in [3.8, 4) is 11.5 Å². The monoisotopic (exact) mass is 1080 g/mol. The molecule has 15 heteroatoms. The number of nitro groups is 1. The van der Waals surface area contributed by atoms with E-state index in [1.165, 1.54) is 12.1 Å². The molecule has 9 rings (SSSR count). The summed E-state index contributed by atoms with van der Waals surface area (Å²) in [4.78, 5) is 35.7. The van der Waals surface area contributed by atoms with Crippen LogP contribution in [0.2, 0.25) is 0 Å². The van der Waals surface area contributed by atoms with Crippen LogP contribution in [0.4, 0.5) is 10.5 Å². The molecule has 2 N–H and O–H groups in total. The summed E-state index contributed by atoms with van der Waals surface area (Å²) in [6.07, 6.45) is 7.80. The molecule has 3 aliphatic rings. The number of unbranched alkanes of at least 4 members (excludes halogenated alkanes) is 2. The van der Waals surface area contributed by atoms with E-state index in [1.807, 2.05) is 97.1 Å². The van der Waals surface area contributed by atoms with Crippen LogP contribution in [0, 0.1) is 27.9 Å². The van der Waals surface area contributed by atoms with Crippen LogP contribution in [0.3, 0.4) is 0 Å². The zero-order valence-corrected chi connectivity index (χ0v) is 44.8. The molecule has 0 saturated heterocycles. The van der Waals surface area contributed by atoms with Crippen LogP contribution >= 0.6 is 11.8 Å². The van der Waals surface area contributed by atoms with Crippen LogP contribution in [0.15, 0.2) is 180 Å². The smallest absolute Gasteiger partial charge is 0.410 e. The van der Waals surface area contributed by atoms with Crippen LogP contribution < -0.4 is 9.47 Å². The molecule has 0 radical (unpaired) electrons. The first kappa shape index (κ1) is 55.7. The maximum atomic E-state index is 15.4. The van der Waals surface area contributed by atoms with Gasteiger partial charge in [0.15, 0.2) is 0 Å². The third-order valence-electron chi connectivity index (χ3n) is 15.0. The van der Waals surface area contributed by atoms with Gasteiger partial charge < -0.3 is 38.7 Å². The minimum Gasteiger partial charge on any atom is -0.493 e. The summed E-state index contributed by atoms with van der Waals surface area (Å²) in [5, 5.41) is 38.8. The van der Waals surface area contributed by atoms with E-state index in [4.69, 9.17) is 33.7 Å². The van der Waals surface area contributed by atoms with Crippen LogP contribution in [-0.4, -0.2) is 89.1 Å². The molecule has 6 aromatic rings. The Hall–Kier alpha value is -7.01. The molecule has 2 aliphatic carbocycles. The summed E-state index contributed by atoms with van der Waals surface area (Å²) in [6.45, 7) is 5.36. The lowest BCUT2D eigenvalue weighted by atomic mass is 9.55. The molecular formula is C63H69N3O11S. The molecule has 1 fully saturated rings. The van der Waals surface area contributed by atoms with Gasteiger partial charge in [-0.1, -0.05) is 121 Å². The molecule has 14 nitrogen and oxygen atoms in total. The van der Waals surface area contributed by atoms with Gasteiger partial charge in [-0.05, 0) is 113 Å². The first-order chi connectivity index (χ1) is 38.3. The number of hydrogen-bond acceptors (Lipinski definition) is 13. The highest BCUT2D eigenvalue weighted by molar-refractivity contribution is 7.99. The van der Waals surface area contributed by atoms with Crippen molar-refractivity contribution in [2.45, 2.75) is 87.3 Å². The molecule has 78 heavy (non-hydrogen) atoms. The van der Waals surface area contributed by atoms with Gasteiger partial charge in [-0.3, -0.25) is 15.0 Å². The van der Waals surface area contributed by atoms with Crippen molar-refractivity contribution in [2.75, 3.05) is 45.4 Å². The summed E-state index contributed by atoms with van der Waals surface area (Å²) in [7, 11) is 0. The number of ether oxygens (including phenoxy) is 5. The van der Waals surface area contributed by atoms with E-state index in [9.17, 15) is 20.3 Å². The average molecular weight is 1080 g/mol. The lowest BCUT2D eigenvalue weighted by Gasteiger charge is -2.60. The number of aliphatic hydroxyl groups excluding tert-OH is 2. The average Bonchev–Trinajstić information content (AvgIpc) is 3.59. The summed E-state index contributed by atoms with van der Waals surface area (Å²) >= 11 is 1.72. The number of carbonyl (C=O) groups excluding carboxylic acids is 1. The first-order valence-electron chi connectivity index (χ1n) is 27.1. The maximum Gasteiger partial charge on any atom is 0.410 e. The minimum absolute atomic E-state index is 0.00884. The summed E-state index contributed by atoms with van der Waals surface area (Å²) < 4.78 is 33.7. The number of nitrogens with zero attached hydrogens (tertiary/aromatic N) is 3. The van der Waals surface area contributed by atoms with Gasteiger partial charge in [0.05, 0.1) is 49.5 Å². The number of carbonyl (C=O) groups is 1. The number of fused-ring (bicyclic) bond motifs is 3. The fourth-order valence-corrected chi connectivity index (χ4v) is 12.2. The Kier molecular flexibility index (Phi) is 19.7. The quantitative estimate of drug-likeness (QED) is 0.0157. The van der Waals surface area contributed by atoms with Gasteiger partial charge in [0, 0.05) is 53.9 Å². The van der Waals surface area contributed by atoms with E-state index in [0.717, 1.165) is 69.4 Å². The predicted octanol–water partition coefficient (Wildman–Crippen LogP) is 12.6. The van der Waals surface area contributed by atoms with Crippen LogP contribution in [0.5, 0.6) is 11.5 Å². The Labute approximate surface area is 460 Å². The van der Waals surface area contributed by atoms with E-state index in [0.29, 0.717) is 48.8 Å². The number of hydrogen-bond donors (Lipinski definition) is 2. The Morgan fingerprint density at radius 1 is 0.833 bits per heavy atom. The van der Waals surface area contributed by atoms with Gasteiger partial charge in [-0.2, -0.15) is 0 Å². The second-order valence-electron chi connectivity index (χ2n) is 19.9. The Bertz CT molecular complexity index is 2990. The van der Waals surface area contributed by atoms with E-state index in [2.05, 4.69) is 36.9 Å². The second-order valence-corrected chi connectivity index (χ2v) is 21.1. The van der Waals surface area contributed by atoms with Crippen LogP contribution in [0.25, 0.3) is 10.8 Å². The number of aliphatic hydroxyl groups is 2. The SMILES string of the molecule is C=CCO[C@@]12Oc3ccc(OCCSc4ccccc4)cc3[C@H]3[C@H](CCCCO)[C@@H](CCCCO)C=C(C(=NOCc4ccc([N+](=O)[O-])cc4)C[C@@H]1N(Cc1cccc4ccccc14)C(=O)OCCOCc1ccccc1)[C@H]32. The van der Waals surface area contributed by atoms with Crippen molar-refractivity contribution in [1.82, 2.24) is 4.90 Å². The third-order valence-corrected chi connectivity index (χ3v) is 15.9. The summed E-state index contributed by atoms with van der Waals surface area (Å²) in [5.74, 6) is -0.480. The molecule has 0 aromatic heterocycles. The van der Waals surface area contributed by atoms with E-state index in [-0.39, 0.29) is 76.0 Å². The normalized spacial score (nSPS) is 20.7. The van der Waals surface area contributed by atoms with Gasteiger partial charge in [0.2, 0.25) is 5.79 Å².